The molecule has 3 aliphatic heterocycles. The van der Waals surface area contributed by atoms with E-state index in [1.165, 1.54) is 0 Å². The van der Waals surface area contributed by atoms with E-state index in [0.717, 1.165) is 11.1 Å². The van der Waals surface area contributed by atoms with Crippen LogP contribution in [0.1, 0.15) is 10.4 Å². The van der Waals surface area contributed by atoms with Gasteiger partial charge in [-0.15, -0.1) is 0 Å². The maximum Gasteiger partial charge on any atom is 0.260 e. The summed E-state index contributed by atoms with van der Waals surface area (Å²) in [5.41, 5.74) is 2.55. The summed E-state index contributed by atoms with van der Waals surface area (Å²) < 4.78 is 16.4. The fourth-order valence-electron chi connectivity index (χ4n) is 4.69. The van der Waals surface area contributed by atoms with E-state index in [-0.39, 0.29) is 44.2 Å². The fourth-order valence-corrected chi connectivity index (χ4v) is 4.69. The quantitative estimate of drug-likeness (QED) is 0.611. The van der Waals surface area contributed by atoms with Crippen molar-refractivity contribution in [2.45, 2.75) is 6.04 Å². The Bertz CT molecular complexity index is 1360. The molecule has 3 aliphatic rings. The highest BCUT2D eigenvalue weighted by Crippen LogP contribution is 2.37. The molecule has 6 rings (SSSR count). The normalized spacial score (nSPS) is 18.2. The molecule has 0 spiro atoms. The van der Waals surface area contributed by atoms with Crippen molar-refractivity contribution in [1.29, 1.82) is 0 Å². The molecule has 1 fully saturated rings. The number of anilines is 1. The van der Waals surface area contributed by atoms with E-state index in [9.17, 15) is 14.4 Å². The highest BCUT2D eigenvalue weighted by atomic mass is 16.7. The molecule has 9 heteroatoms. The lowest BCUT2D eigenvalue weighted by Crippen LogP contribution is -2.60. The third-order valence-electron chi connectivity index (χ3n) is 6.62. The fraction of sp³-hybridized carbons (Fsp3) is 0.222. The Morgan fingerprint density at radius 2 is 1.72 bits per heavy atom. The van der Waals surface area contributed by atoms with E-state index in [0.29, 0.717) is 35.0 Å². The van der Waals surface area contributed by atoms with Gasteiger partial charge in [0, 0.05) is 13.1 Å². The lowest BCUT2D eigenvalue weighted by Gasteiger charge is -2.39. The zero-order valence-corrected chi connectivity index (χ0v) is 19.3. The van der Waals surface area contributed by atoms with E-state index in [2.05, 4.69) is 5.32 Å². The standard InChI is InChI=1S/C27H23N3O6/c31-25(15-34-19-4-2-1-3-5-19)29-10-11-30-22(14-29)26(32)28-21-8-6-17(12-20(21)27(30)33)18-7-9-23-24(13-18)36-16-35-23/h1-9,12-13,22H,10-11,14-16H2,(H,28,32)/t22-/m1/s1. The smallest absolute Gasteiger partial charge is 0.260 e. The number of nitrogens with zero attached hydrogens (tertiary/aromatic N) is 2. The topological polar surface area (TPSA) is 97.4 Å². The lowest BCUT2D eigenvalue weighted by atomic mass is 10.0. The van der Waals surface area contributed by atoms with Crippen LogP contribution in [0.15, 0.2) is 66.7 Å². The van der Waals surface area contributed by atoms with Gasteiger partial charge < -0.3 is 29.3 Å². The summed E-state index contributed by atoms with van der Waals surface area (Å²) in [4.78, 5) is 42.5. The molecule has 0 aromatic heterocycles. The van der Waals surface area contributed by atoms with Crippen molar-refractivity contribution in [1.82, 2.24) is 9.80 Å². The van der Waals surface area contributed by atoms with E-state index in [4.69, 9.17) is 14.2 Å². The van der Waals surface area contributed by atoms with Crippen LogP contribution in [-0.4, -0.2) is 66.6 Å². The Balaban J connectivity index is 1.20. The third kappa shape index (κ3) is 3.98. The van der Waals surface area contributed by atoms with Crippen molar-refractivity contribution in [2.24, 2.45) is 0 Å². The highest BCUT2D eigenvalue weighted by Gasteiger charge is 2.40. The Morgan fingerprint density at radius 3 is 2.58 bits per heavy atom. The lowest BCUT2D eigenvalue weighted by molar-refractivity contribution is -0.137. The maximum absolute atomic E-state index is 13.5. The molecule has 0 saturated carbocycles. The molecule has 0 bridgehead atoms. The zero-order chi connectivity index (χ0) is 24.6. The van der Waals surface area contributed by atoms with Crippen LogP contribution in [0.5, 0.6) is 17.2 Å². The Kier molecular flexibility index (Phi) is 5.44. The number of fused-ring (bicyclic) bond motifs is 3. The summed E-state index contributed by atoms with van der Waals surface area (Å²) in [5.74, 6) is 1.13. The van der Waals surface area contributed by atoms with Crippen molar-refractivity contribution in [3.8, 4) is 28.4 Å². The van der Waals surface area contributed by atoms with Gasteiger partial charge in [0.05, 0.1) is 17.8 Å². The van der Waals surface area contributed by atoms with Crippen molar-refractivity contribution < 1.29 is 28.6 Å². The van der Waals surface area contributed by atoms with E-state index >= 15 is 0 Å². The average molecular weight is 485 g/mol. The average Bonchev–Trinajstić information content (AvgIpc) is 3.36. The van der Waals surface area contributed by atoms with Gasteiger partial charge in [0.2, 0.25) is 12.7 Å². The molecule has 3 aromatic rings. The van der Waals surface area contributed by atoms with Gasteiger partial charge in [0.1, 0.15) is 11.8 Å². The molecule has 9 nitrogen and oxygen atoms in total. The summed E-state index contributed by atoms with van der Waals surface area (Å²) in [7, 11) is 0. The molecule has 182 valence electrons. The number of rotatable bonds is 4. The van der Waals surface area contributed by atoms with Crippen LogP contribution in [0.2, 0.25) is 0 Å². The number of carbonyl (C=O) groups is 3. The van der Waals surface area contributed by atoms with Crippen LogP contribution in [0.25, 0.3) is 11.1 Å². The first-order valence-corrected chi connectivity index (χ1v) is 11.7. The minimum absolute atomic E-state index is 0.109. The summed E-state index contributed by atoms with van der Waals surface area (Å²) in [6.07, 6.45) is 0. The van der Waals surface area contributed by atoms with Crippen LogP contribution in [0, 0.1) is 0 Å². The summed E-state index contributed by atoms with van der Waals surface area (Å²) >= 11 is 0. The van der Waals surface area contributed by atoms with Gasteiger partial charge in [-0.1, -0.05) is 30.3 Å². The molecule has 1 saturated heterocycles. The Labute approximate surface area is 207 Å². The molecule has 1 atom stereocenters. The Morgan fingerprint density at radius 1 is 0.944 bits per heavy atom. The first-order valence-electron chi connectivity index (χ1n) is 11.7. The second-order valence-corrected chi connectivity index (χ2v) is 8.77. The van der Waals surface area contributed by atoms with Crippen molar-refractivity contribution in [2.75, 3.05) is 38.4 Å². The second kappa shape index (κ2) is 8.92. The molecule has 0 radical (unpaired) electrons. The van der Waals surface area contributed by atoms with Crippen LogP contribution in [0.4, 0.5) is 5.69 Å². The highest BCUT2D eigenvalue weighted by molar-refractivity contribution is 6.10. The summed E-state index contributed by atoms with van der Waals surface area (Å²) in [6, 6.07) is 19.3. The van der Waals surface area contributed by atoms with Crippen LogP contribution in [0.3, 0.4) is 0 Å². The zero-order valence-electron chi connectivity index (χ0n) is 19.3. The van der Waals surface area contributed by atoms with Crippen molar-refractivity contribution in [3.63, 3.8) is 0 Å². The predicted molar refractivity (Wildman–Crippen MR) is 130 cm³/mol. The number of ether oxygens (including phenoxy) is 3. The minimum atomic E-state index is -0.784. The van der Waals surface area contributed by atoms with Crippen molar-refractivity contribution in [3.05, 3.63) is 72.3 Å². The number of piperazine rings is 1. The molecule has 0 aliphatic carbocycles. The summed E-state index contributed by atoms with van der Waals surface area (Å²) in [5, 5.41) is 2.87. The Hall–Kier alpha value is -4.53. The van der Waals surface area contributed by atoms with Gasteiger partial charge in [-0.05, 0) is 47.5 Å². The number of hydrogen-bond acceptors (Lipinski definition) is 6. The van der Waals surface area contributed by atoms with Gasteiger partial charge >= 0.3 is 0 Å². The number of benzene rings is 3. The second-order valence-electron chi connectivity index (χ2n) is 8.77. The molecule has 0 unspecified atom stereocenters. The number of hydrogen-bond donors (Lipinski definition) is 1. The first kappa shape index (κ1) is 22.0. The van der Waals surface area contributed by atoms with Crippen LogP contribution in [-0.2, 0) is 9.59 Å². The molecular weight excluding hydrogens is 462 g/mol. The van der Waals surface area contributed by atoms with E-state index < -0.39 is 6.04 Å². The van der Waals surface area contributed by atoms with Crippen molar-refractivity contribution >= 4 is 23.4 Å². The van der Waals surface area contributed by atoms with Gasteiger partial charge in [0.15, 0.2) is 18.1 Å². The third-order valence-corrected chi connectivity index (χ3v) is 6.62. The number of nitrogens with one attached hydrogen (secondary N) is 1. The molecule has 36 heavy (non-hydrogen) atoms. The first-order chi connectivity index (χ1) is 17.6. The monoisotopic (exact) mass is 485 g/mol. The number of amides is 3. The van der Waals surface area contributed by atoms with Gasteiger partial charge in [-0.25, -0.2) is 0 Å². The molecule has 3 aromatic carbocycles. The van der Waals surface area contributed by atoms with E-state index in [1.54, 1.807) is 34.1 Å². The maximum atomic E-state index is 13.5. The molecule has 3 amide bonds. The minimum Gasteiger partial charge on any atom is -0.484 e. The van der Waals surface area contributed by atoms with Crippen LogP contribution < -0.4 is 19.5 Å². The van der Waals surface area contributed by atoms with E-state index in [1.807, 2.05) is 42.5 Å². The predicted octanol–water partition coefficient (Wildman–Crippen LogP) is 2.77. The molecular formula is C27H23N3O6. The van der Waals surface area contributed by atoms with Gasteiger partial charge in [0.25, 0.3) is 11.8 Å². The summed E-state index contributed by atoms with van der Waals surface area (Å²) in [6.45, 7) is 0.732. The molecule has 1 N–H and O–H groups in total. The number of carbonyl (C=O) groups excluding carboxylic acids is 3. The van der Waals surface area contributed by atoms with Crippen LogP contribution >= 0.6 is 0 Å². The number of para-hydroxylation sites is 1. The SMILES string of the molecule is O=C1Nc2ccc(-c3ccc4c(c3)OCO4)cc2C(=O)N2CCN(C(=O)COc3ccccc3)C[C@H]12. The molecule has 3 heterocycles. The van der Waals surface area contributed by atoms with Gasteiger partial charge in [-0.2, -0.15) is 0 Å². The van der Waals surface area contributed by atoms with Gasteiger partial charge in [-0.3, -0.25) is 14.4 Å². The largest absolute Gasteiger partial charge is 0.484 e.